The lowest BCUT2D eigenvalue weighted by atomic mass is 9.99. The summed E-state index contributed by atoms with van der Waals surface area (Å²) in [5.41, 5.74) is 7.51. The van der Waals surface area contributed by atoms with Crippen LogP contribution in [0.4, 0.5) is 5.82 Å². The van der Waals surface area contributed by atoms with Crippen LogP contribution in [0.25, 0.3) is 11.0 Å². The number of aliphatic hydroxyl groups is 2. The van der Waals surface area contributed by atoms with Crippen molar-refractivity contribution >= 4 is 39.8 Å². The summed E-state index contributed by atoms with van der Waals surface area (Å²) in [6.45, 7) is 0.508. The molecule has 27 heavy (non-hydrogen) atoms. The molecule has 0 amide bonds. The number of fused-ring (bicyclic) bond motifs is 2. The highest BCUT2D eigenvalue weighted by Crippen LogP contribution is 2.44. The second kappa shape index (κ2) is 6.40. The van der Waals surface area contributed by atoms with Crippen LogP contribution in [0, 0.1) is 0 Å². The fourth-order valence-corrected chi connectivity index (χ4v) is 5.22. The number of nitrogen functional groups attached to an aromatic ring is 1. The van der Waals surface area contributed by atoms with E-state index in [4.69, 9.17) is 26.8 Å². The number of thiophene rings is 1. The van der Waals surface area contributed by atoms with Crippen molar-refractivity contribution in [1.82, 2.24) is 14.5 Å². The normalized spacial score (nSPS) is 30.7. The summed E-state index contributed by atoms with van der Waals surface area (Å²) >= 11 is 7.57. The van der Waals surface area contributed by atoms with E-state index in [9.17, 15) is 10.2 Å². The molecular formula is C17H17ClN4O4S. The third kappa shape index (κ3) is 2.65. The molecule has 2 aliphatic heterocycles. The monoisotopic (exact) mass is 408 g/mol. The molecule has 3 aromatic heterocycles. The zero-order chi connectivity index (χ0) is 18.7. The molecule has 142 valence electrons. The zero-order valence-corrected chi connectivity index (χ0v) is 15.6. The number of anilines is 1. The molecule has 0 radical (unpaired) electrons. The van der Waals surface area contributed by atoms with E-state index in [1.807, 2.05) is 6.07 Å². The lowest BCUT2D eigenvalue weighted by Gasteiger charge is -2.29. The van der Waals surface area contributed by atoms with Gasteiger partial charge in [0.1, 0.15) is 42.2 Å². The molecule has 0 bridgehead atoms. The van der Waals surface area contributed by atoms with Gasteiger partial charge in [0.25, 0.3) is 0 Å². The molecule has 0 spiro atoms. The van der Waals surface area contributed by atoms with Gasteiger partial charge in [-0.2, -0.15) is 0 Å². The molecule has 0 aliphatic carbocycles. The van der Waals surface area contributed by atoms with Gasteiger partial charge in [0.2, 0.25) is 0 Å². The van der Waals surface area contributed by atoms with Crippen LogP contribution in [-0.2, 0) is 15.9 Å². The van der Waals surface area contributed by atoms with Crippen LogP contribution >= 0.6 is 22.9 Å². The summed E-state index contributed by atoms with van der Waals surface area (Å²) in [5.74, 6) is 0.344. The van der Waals surface area contributed by atoms with Gasteiger partial charge < -0.3 is 30.0 Å². The Kier molecular flexibility index (Phi) is 4.12. The van der Waals surface area contributed by atoms with Gasteiger partial charge >= 0.3 is 0 Å². The first kappa shape index (κ1) is 17.4. The zero-order valence-electron chi connectivity index (χ0n) is 14.0. The minimum absolute atomic E-state index is 0.344. The van der Waals surface area contributed by atoms with Crippen molar-refractivity contribution in [3.8, 4) is 0 Å². The lowest BCUT2D eigenvalue weighted by Crippen LogP contribution is -2.37. The maximum atomic E-state index is 10.7. The van der Waals surface area contributed by atoms with E-state index in [0.717, 1.165) is 16.9 Å². The van der Waals surface area contributed by atoms with E-state index in [0.29, 0.717) is 27.8 Å². The molecule has 0 saturated carbocycles. The molecule has 10 heteroatoms. The molecule has 2 aliphatic rings. The fourth-order valence-electron chi connectivity index (χ4n) is 3.82. The van der Waals surface area contributed by atoms with Gasteiger partial charge in [-0.1, -0.05) is 11.6 Å². The first-order valence-corrected chi connectivity index (χ1v) is 9.72. The number of rotatable bonds is 2. The topological polar surface area (TPSA) is 116 Å². The van der Waals surface area contributed by atoms with Crippen LogP contribution in [0.3, 0.4) is 0 Å². The number of ether oxygens (including phenoxy) is 2. The molecule has 0 aromatic carbocycles. The Labute approximate surface area is 163 Å². The summed E-state index contributed by atoms with van der Waals surface area (Å²) in [7, 11) is 0. The summed E-state index contributed by atoms with van der Waals surface area (Å²) in [6.07, 6.45) is -0.460. The highest BCUT2D eigenvalue weighted by atomic mass is 35.5. The first-order valence-electron chi connectivity index (χ1n) is 8.53. The van der Waals surface area contributed by atoms with E-state index in [1.54, 1.807) is 16.8 Å². The average molecular weight is 409 g/mol. The third-order valence-corrected chi connectivity index (χ3v) is 6.49. The van der Waals surface area contributed by atoms with Gasteiger partial charge in [-0.15, -0.1) is 11.3 Å². The van der Waals surface area contributed by atoms with Gasteiger partial charge in [-0.25, -0.2) is 9.97 Å². The van der Waals surface area contributed by atoms with Crippen LogP contribution in [0.2, 0.25) is 4.34 Å². The smallest absolute Gasteiger partial charge is 0.164 e. The number of hydrogen-bond acceptors (Lipinski definition) is 8. The van der Waals surface area contributed by atoms with Gasteiger partial charge in [0.05, 0.1) is 16.3 Å². The van der Waals surface area contributed by atoms with E-state index in [2.05, 4.69) is 9.97 Å². The van der Waals surface area contributed by atoms with E-state index in [-0.39, 0.29) is 0 Å². The van der Waals surface area contributed by atoms with Crippen molar-refractivity contribution in [2.45, 2.75) is 37.1 Å². The van der Waals surface area contributed by atoms with Crippen molar-refractivity contribution in [1.29, 1.82) is 0 Å². The fraction of sp³-hybridized carbons (Fsp3) is 0.412. The third-order valence-electron chi connectivity index (χ3n) is 5.13. The Bertz CT molecular complexity index is 1010. The molecule has 5 atom stereocenters. The molecular weight excluding hydrogens is 392 g/mol. The predicted octanol–water partition coefficient (Wildman–Crippen LogP) is 1.66. The van der Waals surface area contributed by atoms with Crippen molar-refractivity contribution in [3.05, 3.63) is 39.4 Å². The van der Waals surface area contributed by atoms with Gasteiger partial charge in [-0.05, 0) is 24.1 Å². The molecule has 8 nitrogen and oxygen atoms in total. The highest BCUT2D eigenvalue weighted by molar-refractivity contribution is 7.16. The van der Waals surface area contributed by atoms with Crippen molar-refractivity contribution in [2.24, 2.45) is 0 Å². The molecule has 0 unspecified atom stereocenters. The Morgan fingerprint density at radius 1 is 1.30 bits per heavy atom. The average Bonchev–Trinajstić information content (AvgIpc) is 3.32. The number of nitrogens with zero attached hydrogens (tertiary/aromatic N) is 3. The van der Waals surface area contributed by atoms with Crippen LogP contribution in [0.15, 0.2) is 24.7 Å². The highest BCUT2D eigenvalue weighted by Gasteiger charge is 2.49. The van der Waals surface area contributed by atoms with Crippen LogP contribution in [0.1, 0.15) is 22.8 Å². The SMILES string of the molecule is Nc1ncnc2c1ccn2[C@@H]1O[C@H]([C@@H]2OCCc3cc(Cl)sc32)[C@@H](O)[C@H]1O. The predicted molar refractivity (Wildman–Crippen MR) is 99.6 cm³/mol. The molecule has 5 heterocycles. The number of halogens is 1. The quantitative estimate of drug-likeness (QED) is 0.590. The molecule has 5 rings (SSSR count). The van der Waals surface area contributed by atoms with Crippen molar-refractivity contribution in [3.63, 3.8) is 0 Å². The Balaban J connectivity index is 1.50. The van der Waals surface area contributed by atoms with Crippen molar-refractivity contribution < 1.29 is 19.7 Å². The largest absolute Gasteiger partial charge is 0.387 e. The number of nitrogens with two attached hydrogens (primary N) is 1. The molecule has 1 saturated heterocycles. The van der Waals surface area contributed by atoms with E-state index in [1.165, 1.54) is 17.7 Å². The summed E-state index contributed by atoms with van der Waals surface area (Å²) in [6, 6.07) is 3.68. The summed E-state index contributed by atoms with van der Waals surface area (Å²) in [5, 5.41) is 22.0. The molecule has 3 aromatic rings. The van der Waals surface area contributed by atoms with Gasteiger partial charge in [0.15, 0.2) is 6.23 Å². The van der Waals surface area contributed by atoms with Crippen LogP contribution < -0.4 is 5.73 Å². The molecule has 1 fully saturated rings. The lowest BCUT2D eigenvalue weighted by molar-refractivity contribution is -0.112. The van der Waals surface area contributed by atoms with Crippen molar-refractivity contribution in [2.75, 3.05) is 12.3 Å². The van der Waals surface area contributed by atoms with Gasteiger partial charge in [0, 0.05) is 11.1 Å². The Morgan fingerprint density at radius 2 is 2.15 bits per heavy atom. The molecule has 4 N–H and O–H groups in total. The summed E-state index contributed by atoms with van der Waals surface area (Å²) in [4.78, 5) is 9.14. The van der Waals surface area contributed by atoms with E-state index >= 15 is 0 Å². The standard InChI is InChI=1S/C17H17ClN4O4S/c18-9-5-7-2-4-25-13(14(7)27-9)12-10(23)11(24)17(26-12)22-3-1-8-15(19)20-6-21-16(8)22/h1,3,5-6,10-13,17,23-24H,2,4H2,(H2,19,20,21)/t10-,11+,12-,13-,17+/m0/s1. The number of hydrogen-bond donors (Lipinski definition) is 3. The second-order valence-electron chi connectivity index (χ2n) is 6.67. The number of aliphatic hydroxyl groups excluding tert-OH is 2. The van der Waals surface area contributed by atoms with E-state index < -0.39 is 30.6 Å². The maximum Gasteiger partial charge on any atom is 0.164 e. The summed E-state index contributed by atoms with van der Waals surface area (Å²) < 4.78 is 14.3. The Morgan fingerprint density at radius 3 is 3.00 bits per heavy atom. The first-order chi connectivity index (χ1) is 13.0. The second-order valence-corrected chi connectivity index (χ2v) is 8.39. The van der Waals surface area contributed by atoms with Gasteiger partial charge in [-0.3, -0.25) is 0 Å². The number of aromatic nitrogens is 3. The minimum Gasteiger partial charge on any atom is -0.387 e. The van der Waals surface area contributed by atoms with Crippen LogP contribution in [-0.4, -0.2) is 49.7 Å². The Hall–Kier alpha value is -1.75. The maximum absolute atomic E-state index is 10.7. The minimum atomic E-state index is -1.15. The van der Waals surface area contributed by atoms with Crippen LogP contribution in [0.5, 0.6) is 0 Å².